The highest BCUT2D eigenvalue weighted by atomic mass is 35.5. The summed E-state index contributed by atoms with van der Waals surface area (Å²) in [5.41, 5.74) is 0.736. The maximum absolute atomic E-state index is 5.77. The highest BCUT2D eigenvalue weighted by molar-refractivity contribution is 6.16. The zero-order chi connectivity index (χ0) is 13.8. The van der Waals surface area contributed by atoms with Crippen molar-refractivity contribution >= 4 is 11.6 Å². The lowest BCUT2D eigenvalue weighted by atomic mass is 10.2. The molecule has 2 aromatic heterocycles. The Morgan fingerprint density at radius 2 is 1.90 bits per heavy atom. The second-order valence-electron chi connectivity index (χ2n) is 4.02. The van der Waals surface area contributed by atoms with Crippen LogP contribution in [0.5, 0.6) is 11.6 Å². The first-order valence-corrected chi connectivity index (χ1v) is 6.59. The molecule has 2 heterocycles. The summed E-state index contributed by atoms with van der Waals surface area (Å²) in [4.78, 5) is 8.32. The zero-order valence-electron chi connectivity index (χ0n) is 10.5. The van der Waals surface area contributed by atoms with Crippen LogP contribution in [0.3, 0.4) is 0 Å². The molecule has 0 N–H and O–H groups in total. The molecule has 0 amide bonds. The Kier molecular flexibility index (Phi) is 3.65. The molecule has 0 fully saturated rings. The van der Waals surface area contributed by atoms with Crippen molar-refractivity contribution in [3.05, 3.63) is 60.7 Å². The van der Waals surface area contributed by atoms with Crippen molar-refractivity contribution in [1.82, 2.24) is 9.97 Å². The SMILES string of the molecule is ClCc1ncc(-c2cccnc2Oc2ccccc2)o1. The van der Waals surface area contributed by atoms with Crippen molar-refractivity contribution in [3.8, 4) is 23.0 Å². The van der Waals surface area contributed by atoms with Crippen molar-refractivity contribution in [2.45, 2.75) is 5.88 Å². The number of rotatable bonds is 4. The molecule has 0 saturated carbocycles. The fourth-order valence-corrected chi connectivity index (χ4v) is 1.88. The summed E-state index contributed by atoms with van der Waals surface area (Å²) in [6.45, 7) is 0. The van der Waals surface area contributed by atoms with Crippen LogP contribution >= 0.6 is 11.6 Å². The molecule has 20 heavy (non-hydrogen) atoms. The van der Waals surface area contributed by atoms with Crippen molar-refractivity contribution in [2.24, 2.45) is 0 Å². The fourth-order valence-electron chi connectivity index (χ4n) is 1.76. The Morgan fingerprint density at radius 3 is 2.65 bits per heavy atom. The molecule has 0 saturated heterocycles. The molecule has 5 heteroatoms. The van der Waals surface area contributed by atoms with E-state index in [0.29, 0.717) is 23.3 Å². The highest BCUT2D eigenvalue weighted by Gasteiger charge is 2.13. The van der Waals surface area contributed by atoms with Crippen molar-refractivity contribution < 1.29 is 9.15 Å². The lowest BCUT2D eigenvalue weighted by Gasteiger charge is -2.07. The number of alkyl halides is 1. The normalized spacial score (nSPS) is 10.4. The predicted octanol–water partition coefficient (Wildman–Crippen LogP) is 4.27. The Bertz CT molecular complexity index is 698. The van der Waals surface area contributed by atoms with Crippen LogP contribution < -0.4 is 4.74 Å². The van der Waals surface area contributed by atoms with Crippen molar-refractivity contribution in [1.29, 1.82) is 0 Å². The van der Waals surface area contributed by atoms with Gasteiger partial charge in [0, 0.05) is 6.20 Å². The number of ether oxygens (including phenoxy) is 1. The second kappa shape index (κ2) is 5.75. The number of hydrogen-bond donors (Lipinski definition) is 0. The van der Waals surface area contributed by atoms with Gasteiger partial charge in [-0.15, -0.1) is 11.6 Å². The number of benzene rings is 1. The summed E-state index contributed by atoms with van der Waals surface area (Å²) in [5, 5.41) is 0. The molecule has 0 radical (unpaired) electrons. The molecular weight excluding hydrogens is 276 g/mol. The van der Waals surface area contributed by atoms with Gasteiger partial charge in [-0.1, -0.05) is 18.2 Å². The van der Waals surface area contributed by atoms with E-state index in [4.69, 9.17) is 20.8 Å². The first-order valence-electron chi connectivity index (χ1n) is 6.06. The van der Waals surface area contributed by atoms with Gasteiger partial charge in [0.25, 0.3) is 0 Å². The molecule has 0 aliphatic heterocycles. The van der Waals surface area contributed by atoms with Gasteiger partial charge in [-0.3, -0.25) is 0 Å². The number of para-hydroxylation sites is 1. The summed E-state index contributed by atoms with van der Waals surface area (Å²) in [6.07, 6.45) is 3.28. The van der Waals surface area contributed by atoms with E-state index >= 15 is 0 Å². The van der Waals surface area contributed by atoms with Crippen LogP contribution in [0.4, 0.5) is 0 Å². The molecule has 0 atom stereocenters. The molecule has 0 bridgehead atoms. The van der Waals surface area contributed by atoms with Gasteiger partial charge >= 0.3 is 0 Å². The summed E-state index contributed by atoms with van der Waals surface area (Å²) in [5.74, 6) is 2.46. The van der Waals surface area contributed by atoms with E-state index in [-0.39, 0.29) is 5.88 Å². The van der Waals surface area contributed by atoms with Crippen molar-refractivity contribution in [3.63, 3.8) is 0 Å². The maximum atomic E-state index is 5.77. The number of nitrogens with zero attached hydrogens (tertiary/aromatic N) is 2. The Balaban J connectivity index is 1.96. The van der Waals surface area contributed by atoms with Crippen molar-refractivity contribution in [2.75, 3.05) is 0 Å². The molecule has 1 aromatic carbocycles. The van der Waals surface area contributed by atoms with Gasteiger partial charge in [-0.05, 0) is 24.3 Å². The lowest BCUT2D eigenvalue weighted by Crippen LogP contribution is -1.90. The molecule has 4 nitrogen and oxygen atoms in total. The smallest absolute Gasteiger partial charge is 0.230 e. The van der Waals surface area contributed by atoms with E-state index in [1.54, 1.807) is 12.4 Å². The first-order chi connectivity index (χ1) is 9.86. The number of oxazole rings is 1. The maximum Gasteiger partial charge on any atom is 0.230 e. The Morgan fingerprint density at radius 1 is 1.05 bits per heavy atom. The van der Waals surface area contributed by atoms with E-state index in [1.807, 2.05) is 42.5 Å². The van der Waals surface area contributed by atoms with Gasteiger partial charge in [-0.25, -0.2) is 9.97 Å². The van der Waals surface area contributed by atoms with Gasteiger partial charge in [0.2, 0.25) is 11.8 Å². The van der Waals surface area contributed by atoms with Gasteiger partial charge < -0.3 is 9.15 Å². The predicted molar refractivity (Wildman–Crippen MR) is 75.8 cm³/mol. The molecule has 0 aliphatic rings. The molecule has 0 spiro atoms. The second-order valence-corrected chi connectivity index (χ2v) is 4.29. The minimum absolute atomic E-state index is 0.231. The topological polar surface area (TPSA) is 48.2 Å². The minimum atomic E-state index is 0.231. The zero-order valence-corrected chi connectivity index (χ0v) is 11.2. The van der Waals surface area contributed by atoms with E-state index in [0.717, 1.165) is 5.56 Å². The minimum Gasteiger partial charge on any atom is -0.439 e. The average Bonchev–Trinajstić information content (AvgIpc) is 2.98. The van der Waals surface area contributed by atoms with Gasteiger partial charge in [0.1, 0.15) is 5.75 Å². The summed E-state index contributed by atoms with van der Waals surface area (Å²) in [7, 11) is 0. The van der Waals surface area contributed by atoms with Crippen LogP contribution in [0.1, 0.15) is 5.89 Å². The van der Waals surface area contributed by atoms with E-state index in [2.05, 4.69) is 9.97 Å². The Labute approximate surface area is 121 Å². The molecule has 100 valence electrons. The third kappa shape index (κ3) is 2.65. The molecule has 0 unspecified atom stereocenters. The van der Waals surface area contributed by atoms with Gasteiger partial charge in [-0.2, -0.15) is 0 Å². The Hall–Kier alpha value is -2.33. The third-order valence-corrected chi connectivity index (χ3v) is 2.89. The first kappa shape index (κ1) is 12.7. The quantitative estimate of drug-likeness (QED) is 0.672. The molecule has 3 aromatic rings. The monoisotopic (exact) mass is 286 g/mol. The highest BCUT2D eigenvalue weighted by Crippen LogP contribution is 2.31. The molecular formula is C15H11ClN2O2. The molecule has 3 rings (SSSR count). The largest absolute Gasteiger partial charge is 0.439 e. The van der Waals surface area contributed by atoms with Crippen LogP contribution in [0.2, 0.25) is 0 Å². The van der Waals surface area contributed by atoms with E-state index in [9.17, 15) is 0 Å². The number of pyridine rings is 1. The van der Waals surface area contributed by atoms with Gasteiger partial charge in [0.05, 0.1) is 17.6 Å². The number of aromatic nitrogens is 2. The lowest BCUT2D eigenvalue weighted by molar-refractivity contribution is 0.460. The van der Waals surface area contributed by atoms with Crippen LogP contribution in [0.15, 0.2) is 59.3 Å². The van der Waals surface area contributed by atoms with Gasteiger partial charge in [0.15, 0.2) is 5.76 Å². The van der Waals surface area contributed by atoms with Crippen LogP contribution in [-0.4, -0.2) is 9.97 Å². The molecule has 0 aliphatic carbocycles. The average molecular weight is 287 g/mol. The summed E-state index contributed by atoms with van der Waals surface area (Å²) in [6, 6.07) is 13.1. The number of hydrogen-bond acceptors (Lipinski definition) is 4. The fraction of sp³-hybridized carbons (Fsp3) is 0.0667. The number of halogens is 1. The van der Waals surface area contributed by atoms with E-state index in [1.165, 1.54) is 0 Å². The third-order valence-electron chi connectivity index (χ3n) is 2.66. The van der Waals surface area contributed by atoms with Crippen LogP contribution in [-0.2, 0) is 5.88 Å². The van der Waals surface area contributed by atoms with E-state index < -0.39 is 0 Å². The van der Waals surface area contributed by atoms with Crippen LogP contribution in [0, 0.1) is 0 Å². The standard InChI is InChI=1S/C15H11ClN2O2/c16-9-14-18-10-13(20-14)12-7-4-8-17-15(12)19-11-5-2-1-3-6-11/h1-8,10H,9H2. The summed E-state index contributed by atoms with van der Waals surface area (Å²) >= 11 is 5.69. The van der Waals surface area contributed by atoms with Crippen LogP contribution in [0.25, 0.3) is 11.3 Å². The summed E-state index contributed by atoms with van der Waals surface area (Å²) < 4.78 is 11.3.